The summed E-state index contributed by atoms with van der Waals surface area (Å²) in [5, 5.41) is 2.82. The first kappa shape index (κ1) is 19.7. The van der Waals surface area contributed by atoms with Crippen LogP contribution in [0.1, 0.15) is 54.1 Å². The average Bonchev–Trinajstić information content (AvgIpc) is 2.63. The Bertz CT molecular complexity index is 750. The lowest BCUT2D eigenvalue weighted by Crippen LogP contribution is -2.13. The summed E-state index contributed by atoms with van der Waals surface area (Å²) in [5.74, 6) is 0.617. The Morgan fingerprint density at radius 1 is 0.962 bits per heavy atom. The molecule has 2 rings (SSSR count). The van der Waals surface area contributed by atoms with Crippen molar-refractivity contribution >= 4 is 17.4 Å². The maximum atomic E-state index is 12.2. The second kappa shape index (κ2) is 9.76. The van der Waals surface area contributed by atoms with Gasteiger partial charge in [-0.15, -0.1) is 0 Å². The Hall–Kier alpha value is -2.62. The second-order valence-corrected chi connectivity index (χ2v) is 6.50. The maximum absolute atomic E-state index is 12.2. The minimum atomic E-state index is -0.165. The highest BCUT2D eigenvalue weighted by Gasteiger charge is 2.10. The molecule has 1 N–H and O–H groups in total. The summed E-state index contributed by atoms with van der Waals surface area (Å²) in [6.07, 6.45) is 2.48. The fourth-order valence-electron chi connectivity index (χ4n) is 2.48. The van der Waals surface area contributed by atoms with Gasteiger partial charge in [0.05, 0.1) is 6.61 Å². The van der Waals surface area contributed by atoms with Crippen molar-refractivity contribution in [1.82, 2.24) is 0 Å². The van der Waals surface area contributed by atoms with Gasteiger partial charge in [0.25, 0.3) is 0 Å². The van der Waals surface area contributed by atoms with Crippen LogP contribution in [0.5, 0.6) is 5.75 Å². The molecule has 0 radical (unpaired) electrons. The predicted octanol–water partition coefficient (Wildman–Crippen LogP) is 5.08. The highest BCUT2D eigenvalue weighted by Crippen LogP contribution is 2.17. The third kappa shape index (κ3) is 6.03. The van der Waals surface area contributed by atoms with E-state index in [4.69, 9.17) is 4.74 Å². The van der Waals surface area contributed by atoms with E-state index in [1.807, 2.05) is 56.3 Å². The molecule has 1 amide bonds. The van der Waals surface area contributed by atoms with Crippen molar-refractivity contribution in [3.8, 4) is 5.75 Å². The largest absolute Gasteiger partial charge is 0.494 e. The van der Waals surface area contributed by atoms with Crippen molar-refractivity contribution in [3.63, 3.8) is 0 Å². The first-order valence-corrected chi connectivity index (χ1v) is 9.12. The molecular weight excluding hydrogens is 326 g/mol. The molecule has 0 heterocycles. The molecule has 0 unspecified atom stereocenters. The summed E-state index contributed by atoms with van der Waals surface area (Å²) < 4.78 is 5.59. The van der Waals surface area contributed by atoms with Gasteiger partial charge in [-0.25, -0.2) is 0 Å². The zero-order valence-electron chi connectivity index (χ0n) is 15.8. The van der Waals surface area contributed by atoms with Crippen molar-refractivity contribution in [2.75, 3.05) is 11.9 Å². The molecule has 138 valence electrons. The summed E-state index contributed by atoms with van der Waals surface area (Å²) in [4.78, 5) is 24.3. The lowest BCUT2D eigenvalue weighted by Gasteiger charge is -2.08. The predicted molar refractivity (Wildman–Crippen MR) is 105 cm³/mol. The van der Waals surface area contributed by atoms with Gasteiger partial charge in [-0.05, 0) is 61.7 Å². The van der Waals surface area contributed by atoms with Gasteiger partial charge in [-0.2, -0.15) is 0 Å². The number of amides is 1. The first-order chi connectivity index (χ1) is 12.5. The number of ketones is 1. The number of benzene rings is 2. The third-order valence-electron chi connectivity index (χ3n) is 4.31. The zero-order chi connectivity index (χ0) is 18.9. The van der Waals surface area contributed by atoms with Gasteiger partial charge in [-0.3, -0.25) is 9.59 Å². The van der Waals surface area contributed by atoms with Crippen molar-refractivity contribution in [1.29, 1.82) is 0 Å². The first-order valence-electron chi connectivity index (χ1n) is 9.12. The molecular formula is C22H27NO3. The second-order valence-electron chi connectivity index (χ2n) is 6.50. The number of rotatable bonds is 9. The summed E-state index contributed by atoms with van der Waals surface area (Å²) in [6, 6.07) is 12.9. The molecule has 0 saturated heterocycles. The van der Waals surface area contributed by atoms with E-state index in [9.17, 15) is 9.59 Å². The van der Waals surface area contributed by atoms with E-state index in [0.29, 0.717) is 17.9 Å². The van der Waals surface area contributed by atoms with E-state index in [-0.39, 0.29) is 24.5 Å². The van der Waals surface area contributed by atoms with Gasteiger partial charge in [0.1, 0.15) is 5.75 Å². The fraction of sp³-hybridized carbons (Fsp3) is 0.364. The van der Waals surface area contributed by atoms with Crippen LogP contribution in [-0.2, 0) is 4.79 Å². The maximum Gasteiger partial charge on any atom is 0.224 e. The standard InChI is InChI=1S/C22H27NO3/c1-4-5-14-26-20-10-8-19(9-11-20)23-22(25)13-12-21(24)18-7-6-16(2)17(3)15-18/h6-11,15H,4-5,12-14H2,1-3H3,(H,23,25). The Morgan fingerprint density at radius 2 is 1.69 bits per heavy atom. The molecule has 2 aromatic carbocycles. The van der Waals surface area contributed by atoms with Crippen LogP contribution >= 0.6 is 0 Å². The van der Waals surface area contributed by atoms with Crippen molar-refractivity contribution in [2.24, 2.45) is 0 Å². The topological polar surface area (TPSA) is 55.4 Å². The lowest BCUT2D eigenvalue weighted by atomic mass is 10.0. The number of unbranched alkanes of at least 4 members (excludes halogenated alkanes) is 1. The Morgan fingerprint density at radius 3 is 2.35 bits per heavy atom. The summed E-state index contributed by atoms with van der Waals surface area (Å²) in [7, 11) is 0. The number of hydrogen-bond donors (Lipinski definition) is 1. The van der Waals surface area contributed by atoms with E-state index >= 15 is 0 Å². The normalized spacial score (nSPS) is 10.4. The van der Waals surface area contributed by atoms with Crippen LogP contribution in [0.3, 0.4) is 0 Å². The van der Waals surface area contributed by atoms with Gasteiger partial charge < -0.3 is 10.1 Å². The highest BCUT2D eigenvalue weighted by atomic mass is 16.5. The quantitative estimate of drug-likeness (QED) is 0.505. The molecule has 4 heteroatoms. The van der Waals surface area contributed by atoms with Gasteiger partial charge in [-0.1, -0.05) is 25.5 Å². The van der Waals surface area contributed by atoms with Crippen LogP contribution in [0.4, 0.5) is 5.69 Å². The van der Waals surface area contributed by atoms with Crippen molar-refractivity contribution < 1.29 is 14.3 Å². The van der Waals surface area contributed by atoms with Crippen LogP contribution in [0.15, 0.2) is 42.5 Å². The SMILES string of the molecule is CCCCOc1ccc(NC(=O)CCC(=O)c2ccc(C)c(C)c2)cc1. The van der Waals surface area contributed by atoms with E-state index in [1.165, 1.54) is 0 Å². The average molecular weight is 353 g/mol. The van der Waals surface area contributed by atoms with Crippen LogP contribution in [0, 0.1) is 13.8 Å². The van der Waals surface area contributed by atoms with E-state index in [0.717, 1.165) is 29.7 Å². The summed E-state index contributed by atoms with van der Waals surface area (Å²) in [5.41, 5.74) is 3.61. The molecule has 0 aliphatic carbocycles. The minimum absolute atomic E-state index is 0.0112. The number of Topliss-reactive ketones (excluding diaryl/α,β-unsaturated/α-hetero) is 1. The zero-order valence-corrected chi connectivity index (χ0v) is 15.8. The number of carbonyl (C=O) groups excluding carboxylic acids is 2. The van der Waals surface area contributed by atoms with Gasteiger partial charge >= 0.3 is 0 Å². The minimum Gasteiger partial charge on any atom is -0.494 e. The van der Waals surface area contributed by atoms with E-state index < -0.39 is 0 Å². The molecule has 26 heavy (non-hydrogen) atoms. The molecule has 0 bridgehead atoms. The lowest BCUT2D eigenvalue weighted by molar-refractivity contribution is -0.116. The summed E-state index contributed by atoms with van der Waals surface area (Å²) >= 11 is 0. The molecule has 0 aliphatic rings. The number of anilines is 1. The Kier molecular flexibility index (Phi) is 7.39. The van der Waals surface area contributed by atoms with Crippen LogP contribution in [0.25, 0.3) is 0 Å². The van der Waals surface area contributed by atoms with Crippen LogP contribution < -0.4 is 10.1 Å². The van der Waals surface area contributed by atoms with E-state index in [1.54, 1.807) is 0 Å². The molecule has 0 aliphatic heterocycles. The Labute approximate surface area is 155 Å². The fourth-order valence-corrected chi connectivity index (χ4v) is 2.48. The number of aryl methyl sites for hydroxylation is 2. The van der Waals surface area contributed by atoms with E-state index in [2.05, 4.69) is 12.2 Å². The molecule has 0 aromatic heterocycles. The number of hydrogen-bond acceptors (Lipinski definition) is 3. The third-order valence-corrected chi connectivity index (χ3v) is 4.31. The van der Waals surface area contributed by atoms with Gasteiger partial charge in [0.15, 0.2) is 5.78 Å². The van der Waals surface area contributed by atoms with Crippen molar-refractivity contribution in [2.45, 2.75) is 46.5 Å². The molecule has 0 spiro atoms. The molecule has 0 fully saturated rings. The van der Waals surface area contributed by atoms with Gasteiger partial charge in [0.2, 0.25) is 5.91 Å². The highest BCUT2D eigenvalue weighted by molar-refractivity contribution is 6.00. The molecule has 4 nitrogen and oxygen atoms in total. The van der Waals surface area contributed by atoms with Crippen LogP contribution in [-0.4, -0.2) is 18.3 Å². The number of ether oxygens (including phenoxy) is 1. The number of nitrogens with one attached hydrogen (secondary N) is 1. The van der Waals surface area contributed by atoms with Crippen molar-refractivity contribution in [3.05, 3.63) is 59.2 Å². The molecule has 0 saturated carbocycles. The van der Waals surface area contributed by atoms with Gasteiger partial charge in [0, 0.05) is 24.1 Å². The monoisotopic (exact) mass is 353 g/mol. The smallest absolute Gasteiger partial charge is 0.224 e. The molecule has 2 aromatic rings. The molecule has 0 atom stereocenters. The Balaban J connectivity index is 1.80. The van der Waals surface area contributed by atoms with Crippen LogP contribution in [0.2, 0.25) is 0 Å². The summed E-state index contributed by atoms with van der Waals surface area (Å²) in [6.45, 7) is 6.81. The number of carbonyl (C=O) groups is 2.